The lowest BCUT2D eigenvalue weighted by molar-refractivity contribution is -0.114. The van der Waals surface area contributed by atoms with Gasteiger partial charge in [-0.1, -0.05) is 41.7 Å². The lowest BCUT2D eigenvalue weighted by Crippen LogP contribution is -2.36. The van der Waals surface area contributed by atoms with Gasteiger partial charge in [-0.2, -0.15) is 4.31 Å². The molecule has 0 unspecified atom stereocenters. The molecule has 0 radical (unpaired) electrons. The van der Waals surface area contributed by atoms with Gasteiger partial charge >= 0.3 is 0 Å². The van der Waals surface area contributed by atoms with E-state index in [1.807, 2.05) is 32.2 Å². The van der Waals surface area contributed by atoms with Gasteiger partial charge in [-0.05, 0) is 48.9 Å². The number of amides is 1. The van der Waals surface area contributed by atoms with Crippen molar-refractivity contribution in [2.75, 3.05) is 18.9 Å². The van der Waals surface area contributed by atoms with Crippen molar-refractivity contribution in [3.05, 3.63) is 82.9 Å². The number of nitrogens with zero attached hydrogens (tertiary/aromatic N) is 4. The van der Waals surface area contributed by atoms with Crippen LogP contribution in [0.2, 0.25) is 0 Å². The van der Waals surface area contributed by atoms with E-state index in [9.17, 15) is 17.6 Å². The molecule has 0 aliphatic carbocycles. The van der Waals surface area contributed by atoms with E-state index >= 15 is 0 Å². The Kier molecular flexibility index (Phi) is 7.86. The first kappa shape index (κ1) is 26.6. The highest BCUT2D eigenvalue weighted by atomic mass is 32.2. The van der Waals surface area contributed by atoms with Crippen LogP contribution in [0.3, 0.4) is 0 Å². The minimum atomic E-state index is -3.78. The summed E-state index contributed by atoms with van der Waals surface area (Å²) < 4.78 is 41.6. The zero-order valence-corrected chi connectivity index (χ0v) is 22.4. The molecule has 0 bridgehead atoms. The fourth-order valence-electron chi connectivity index (χ4n) is 4.35. The number of halogens is 1. The second kappa shape index (κ2) is 10.9. The number of thiazole rings is 1. The van der Waals surface area contributed by atoms with Crippen molar-refractivity contribution in [1.82, 2.24) is 14.2 Å². The van der Waals surface area contributed by atoms with Gasteiger partial charge in [0.15, 0.2) is 9.34 Å². The molecular formula is C26H28FN5O3S2. The standard InChI is InChI=1S/C26H28FN5O3S2/c1-17(19-8-10-21(27)11-9-19)31(4)24(14-28-3)23-7-5-6-20-16-32(13-12-22(20)23)37(34,35)25-15-29-26(36-25)30-18(2)33/h5-11,14-15,17H,3,12-13,16H2,1-2,4H3,(H,29,30,33)/b24-14-/t17-/m1/s1. The van der Waals surface area contributed by atoms with Crippen LogP contribution >= 0.6 is 11.3 Å². The second-order valence-electron chi connectivity index (χ2n) is 8.73. The maximum Gasteiger partial charge on any atom is 0.254 e. The molecule has 3 aromatic rings. The first-order chi connectivity index (χ1) is 17.6. The normalized spacial score (nSPS) is 15.1. The number of fused-ring (bicyclic) bond motifs is 1. The van der Waals surface area contributed by atoms with Gasteiger partial charge in [-0.3, -0.25) is 9.79 Å². The Morgan fingerprint density at radius 1 is 1.30 bits per heavy atom. The van der Waals surface area contributed by atoms with E-state index in [-0.39, 0.29) is 33.7 Å². The van der Waals surface area contributed by atoms with E-state index in [0.717, 1.165) is 39.3 Å². The molecule has 1 aromatic heterocycles. The maximum atomic E-state index is 13.4. The number of aliphatic imine (C=N–C) groups is 1. The Hall–Kier alpha value is -3.41. The molecule has 0 fully saturated rings. The third kappa shape index (κ3) is 5.63. The molecule has 11 heteroatoms. The molecule has 1 aliphatic rings. The molecular weight excluding hydrogens is 513 g/mol. The Morgan fingerprint density at radius 2 is 2.03 bits per heavy atom. The molecule has 1 N–H and O–H groups in total. The van der Waals surface area contributed by atoms with Crippen molar-refractivity contribution in [2.24, 2.45) is 4.99 Å². The van der Waals surface area contributed by atoms with Crippen molar-refractivity contribution in [3.63, 3.8) is 0 Å². The fourth-order valence-corrected chi connectivity index (χ4v) is 7.00. The average Bonchev–Trinajstić information content (AvgIpc) is 3.35. The summed E-state index contributed by atoms with van der Waals surface area (Å²) in [7, 11) is -1.83. The molecule has 2 aromatic carbocycles. The van der Waals surface area contributed by atoms with Crippen LogP contribution in [0.25, 0.3) is 5.70 Å². The Morgan fingerprint density at radius 3 is 2.70 bits per heavy atom. The van der Waals surface area contributed by atoms with Crippen LogP contribution in [0.1, 0.15) is 42.1 Å². The number of carbonyl (C=O) groups is 1. The van der Waals surface area contributed by atoms with Crippen LogP contribution in [-0.4, -0.2) is 48.8 Å². The first-order valence-corrected chi connectivity index (χ1v) is 13.9. The lowest BCUT2D eigenvalue weighted by atomic mass is 9.93. The highest BCUT2D eigenvalue weighted by Crippen LogP contribution is 2.35. The Bertz CT molecular complexity index is 1450. The predicted octanol–water partition coefficient (Wildman–Crippen LogP) is 4.68. The number of benzene rings is 2. The van der Waals surface area contributed by atoms with Gasteiger partial charge < -0.3 is 10.2 Å². The third-order valence-corrected chi connectivity index (χ3v) is 9.59. The summed E-state index contributed by atoms with van der Waals surface area (Å²) in [5.74, 6) is -0.599. The number of rotatable bonds is 8. The molecule has 0 saturated heterocycles. The highest BCUT2D eigenvalue weighted by Gasteiger charge is 2.32. The highest BCUT2D eigenvalue weighted by molar-refractivity contribution is 7.91. The van der Waals surface area contributed by atoms with Crippen LogP contribution in [0.4, 0.5) is 9.52 Å². The largest absolute Gasteiger partial charge is 0.366 e. The Labute approximate surface area is 220 Å². The number of aromatic nitrogens is 1. The quantitative estimate of drug-likeness (QED) is 0.418. The second-order valence-corrected chi connectivity index (χ2v) is 11.9. The summed E-state index contributed by atoms with van der Waals surface area (Å²) in [6.45, 7) is 7.52. The van der Waals surface area contributed by atoms with E-state index in [1.54, 1.807) is 18.3 Å². The first-order valence-electron chi connectivity index (χ1n) is 11.6. The van der Waals surface area contributed by atoms with Crippen LogP contribution in [-0.2, 0) is 27.8 Å². The number of carbonyl (C=O) groups excluding carboxylic acids is 1. The number of sulfonamides is 1. The summed E-state index contributed by atoms with van der Waals surface area (Å²) in [6, 6.07) is 12.2. The molecule has 2 heterocycles. The molecule has 194 valence electrons. The van der Waals surface area contributed by atoms with E-state index in [4.69, 9.17) is 0 Å². The van der Waals surface area contributed by atoms with Crippen molar-refractivity contribution in [3.8, 4) is 0 Å². The van der Waals surface area contributed by atoms with Gasteiger partial charge in [-0.15, -0.1) is 0 Å². The topological polar surface area (TPSA) is 95.0 Å². The van der Waals surface area contributed by atoms with Gasteiger partial charge in [0.25, 0.3) is 10.0 Å². The molecule has 4 rings (SSSR count). The van der Waals surface area contributed by atoms with Gasteiger partial charge in [0, 0.05) is 32.6 Å². The maximum absolute atomic E-state index is 13.4. The van der Waals surface area contributed by atoms with E-state index in [1.165, 1.54) is 29.6 Å². The molecule has 37 heavy (non-hydrogen) atoms. The van der Waals surface area contributed by atoms with Crippen molar-refractivity contribution in [2.45, 2.75) is 37.1 Å². The monoisotopic (exact) mass is 541 g/mol. The van der Waals surface area contributed by atoms with Crippen LogP contribution in [0.15, 0.2) is 64.1 Å². The molecule has 1 atom stereocenters. The Balaban J connectivity index is 1.62. The van der Waals surface area contributed by atoms with Crippen LogP contribution in [0.5, 0.6) is 0 Å². The van der Waals surface area contributed by atoms with Crippen molar-refractivity contribution < 1.29 is 17.6 Å². The van der Waals surface area contributed by atoms with Crippen molar-refractivity contribution >= 4 is 44.8 Å². The van der Waals surface area contributed by atoms with Crippen molar-refractivity contribution in [1.29, 1.82) is 0 Å². The summed E-state index contributed by atoms with van der Waals surface area (Å²) in [4.78, 5) is 21.4. The third-order valence-electron chi connectivity index (χ3n) is 6.40. The summed E-state index contributed by atoms with van der Waals surface area (Å²) in [5, 5.41) is 2.77. The summed E-state index contributed by atoms with van der Waals surface area (Å²) >= 11 is 0.932. The number of hydrogen-bond donors (Lipinski definition) is 1. The van der Waals surface area contributed by atoms with Gasteiger partial charge in [0.2, 0.25) is 5.91 Å². The molecule has 8 nitrogen and oxygen atoms in total. The fraction of sp³-hybridized carbons (Fsp3) is 0.269. The molecule has 1 aliphatic heterocycles. The predicted molar refractivity (Wildman–Crippen MR) is 144 cm³/mol. The smallest absolute Gasteiger partial charge is 0.254 e. The van der Waals surface area contributed by atoms with E-state index in [0.29, 0.717) is 13.0 Å². The van der Waals surface area contributed by atoms with E-state index < -0.39 is 10.0 Å². The number of nitrogens with one attached hydrogen (secondary N) is 1. The van der Waals surface area contributed by atoms with Crippen LogP contribution in [0, 0.1) is 5.82 Å². The molecule has 0 saturated carbocycles. The minimum absolute atomic E-state index is 0.0749. The van der Waals surface area contributed by atoms with Gasteiger partial charge in [0.05, 0.1) is 24.1 Å². The van der Waals surface area contributed by atoms with E-state index in [2.05, 4.69) is 26.9 Å². The zero-order chi connectivity index (χ0) is 26.7. The number of hydrogen-bond acceptors (Lipinski definition) is 7. The lowest BCUT2D eigenvalue weighted by Gasteiger charge is -2.33. The number of anilines is 1. The van der Waals surface area contributed by atoms with Crippen LogP contribution < -0.4 is 5.32 Å². The summed E-state index contributed by atoms with van der Waals surface area (Å²) in [5.41, 5.74) is 4.68. The molecule has 0 spiro atoms. The molecule has 1 amide bonds. The summed E-state index contributed by atoms with van der Waals surface area (Å²) in [6.07, 6.45) is 3.48. The SMILES string of the molecule is C=N/C=C(/c1cccc2c1CCN(S(=O)(=O)c1cnc(NC(C)=O)s1)C2)N(C)[C@H](C)c1ccc(F)cc1. The van der Waals surface area contributed by atoms with Gasteiger partial charge in [-0.25, -0.2) is 17.8 Å². The van der Waals surface area contributed by atoms with Gasteiger partial charge in [0.1, 0.15) is 5.82 Å². The minimum Gasteiger partial charge on any atom is -0.366 e. The average molecular weight is 542 g/mol. The zero-order valence-electron chi connectivity index (χ0n) is 20.8.